The second-order valence-electron chi connectivity index (χ2n) is 2.82. The summed E-state index contributed by atoms with van der Waals surface area (Å²) in [7, 11) is -2.16. The Hall–Kier alpha value is -0.890. The lowest BCUT2D eigenvalue weighted by Gasteiger charge is -2.03. The molecule has 0 heterocycles. The Morgan fingerprint density at radius 3 is 2.64 bits per heavy atom. The van der Waals surface area contributed by atoms with Gasteiger partial charge in [-0.3, -0.25) is 4.57 Å². The zero-order valence-corrected chi connectivity index (χ0v) is 8.85. The molecule has 1 atom stereocenters. The average Bonchev–Trinajstić information content (AvgIpc) is 2.19. The molecule has 0 aliphatic rings. The molecule has 3 nitrogen and oxygen atoms in total. The Balaban J connectivity index is 2.54. The van der Waals surface area contributed by atoms with Crippen LogP contribution in [0, 0.1) is 0 Å². The standard InChI is InChI=1S/C10H13O3P/c1-13-14(11,12)9-5-8-10-6-3-2-4-7-10/h2-8H,9H2,1H3,(H,11,12)/b8-5+. The highest BCUT2D eigenvalue weighted by Crippen LogP contribution is 2.40. The molecule has 76 valence electrons. The van der Waals surface area contributed by atoms with Crippen molar-refractivity contribution in [1.82, 2.24) is 0 Å². The summed E-state index contributed by atoms with van der Waals surface area (Å²) >= 11 is 0. The van der Waals surface area contributed by atoms with Crippen LogP contribution >= 0.6 is 7.60 Å². The number of rotatable bonds is 4. The zero-order valence-electron chi connectivity index (χ0n) is 7.96. The molecule has 0 radical (unpaired) electrons. The highest BCUT2D eigenvalue weighted by molar-refractivity contribution is 7.53. The van der Waals surface area contributed by atoms with Crippen molar-refractivity contribution >= 4 is 13.7 Å². The molecule has 0 saturated carbocycles. The van der Waals surface area contributed by atoms with Crippen molar-refractivity contribution in [2.45, 2.75) is 0 Å². The van der Waals surface area contributed by atoms with Crippen LogP contribution < -0.4 is 0 Å². The summed E-state index contributed by atoms with van der Waals surface area (Å²) in [6.07, 6.45) is 3.47. The van der Waals surface area contributed by atoms with Gasteiger partial charge in [0, 0.05) is 7.11 Å². The Morgan fingerprint density at radius 2 is 2.07 bits per heavy atom. The van der Waals surface area contributed by atoms with E-state index in [4.69, 9.17) is 4.89 Å². The van der Waals surface area contributed by atoms with Crippen LogP contribution in [-0.2, 0) is 9.09 Å². The van der Waals surface area contributed by atoms with E-state index in [1.165, 1.54) is 7.11 Å². The maximum atomic E-state index is 11.1. The topological polar surface area (TPSA) is 46.5 Å². The molecular formula is C10H13O3P. The van der Waals surface area contributed by atoms with Gasteiger partial charge >= 0.3 is 7.60 Å². The van der Waals surface area contributed by atoms with E-state index in [0.717, 1.165) is 5.56 Å². The zero-order chi connectivity index (χ0) is 10.4. The van der Waals surface area contributed by atoms with Crippen molar-refractivity contribution in [2.24, 2.45) is 0 Å². The molecular weight excluding hydrogens is 199 g/mol. The lowest BCUT2D eigenvalue weighted by Crippen LogP contribution is -1.86. The maximum absolute atomic E-state index is 11.1. The minimum atomic E-state index is -3.40. The quantitative estimate of drug-likeness (QED) is 0.780. The molecule has 0 spiro atoms. The summed E-state index contributed by atoms with van der Waals surface area (Å²) < 4.78 is 15.5. The van der Waals surface area contributed by atoms with Crippen molar-refractivity contribution < 1.29 is 14.0 Å². The Morgan fingerprint density at radius 1 is 1.43 bits per heavy atom. The van der Waals surface area contributed by atoms with Crippen LogP contribution in [0.15, 0.2) is 36.4 Å². The minimum Gasteiger partial charge on any atom is -0.324 e. The number of benzene rings is 1. The highest BCUT2D eigenvalue weighted by Gasteiger charge is 2.13. The predicted octanol–water partition coefficient (Wildman–Crippen LogP) is 2.53. The fourth-order valence-corrected chi connectivity index (χ4v) is 1.48. The van der Waals surface area contributed by atoms with E-state index in [0.29, 0.717) is 0 Å². The highest BCUT2D eigenvalue weighted by atomic mass is 31.2. The first-order valence-electron chi connectivity index (χ1n) is 4.23. The Bertz CT molecular complexity index is 346. The van der Waals surface area contributed by atoms with Crippen LogP contribution in [0.1, 0.15) is 5.56 Å². The Kier molecular flexibility index (Phi) is 4.08. The Labute approximate surface area is 83.6 Å². The molecule has 0 aliphatic carbocycles. The number of allylic oxidation sites excluding steroid dienone is 1. The molecule has 0 aromatic heterocycles. The van der Waals surface area contributed by atoms with E-state index in [1.54, 1.807) is 12.2 Å². The fourth-order valence-electron chi connectivity index (χ4n) is 0.961. The monoisotopic (exact) mass is 212 g/mol. The van der Waals surface area contributed by atoms with E-state index in [-0.39, 0.29) is 6.16 Å². The van der Waals surface area contributed by atoms with Crippen molar-refractivity contribution in [3.05, 3.63) is 42.0 Å². The van der Waals surface area contributed by atoms with Crippen molar-refractivity contribution in [3.63, 3.8) is 0 Å². The van der Waals surface area contributed by atoms with Crippen molar-refractivity contribution in [3.8, 4) is 0 Å². The second-order valence-corrected chi connectivity index (χ2v) is 4.82. The molecule has 1 aromatic rings. The van der Waals surface area contributed by atoms with Gasteiger partial charge in [0.15, 0.2) is 0 Å². The van der Waals surface area contributed by atoms with E-state index < -0.39 is 7.60 Å². The lowest BCUT2D eigenvalue weighted by molar-refractivity contribution is 0.319. The van der Waals surface area contributed by atoms with E-state index in [1.807, 2.05) is 30.3 Å². The fraction of sp³-hybridized carbons (Fsp3) is 0.200. The van der Waals surface area contributed by atoms with Crippen LogP contribution in [0.5, 0.6) is 0 Å². The van der Waals surface area contributed by atoms with Gasteiger partial charge in [-0.1, -0.05) is 42.5 Å². The molecule has 0 amide bonds. The molecule has 14 heavy (non-hydrogen) atoms. The summed E-state index contributed by atoms with van der Waals surface area (Å²) in [5.41, 5.74) is 1.00. The minimum absolute atomic E-state index is 0.0401. The molecule has 1 N–H and O–H groups in total. The molecule has 0 bridgehead atoms. The third-order valence-electron chi connectivity index (χ3n) is 1.73. The van der Waals surface area contributed by atoms with Gasteiger partial charge in [0.05, 0.1) is 6.16 Å². The van der Waals surface area contributed by atoms with Gasteiger partial charge in [-0.2, -0.15) is 0 Å². The summed E-state index contributed by atoms with van der Waals surface area (Å²) in [6, 6.07) is 9.59. The molecule has 4 heteroatoms. The largest absolute Gasteiger partial charge is 0.331 e. The van der Waals surface area contributed by atoms with Gasteiger partial charge in [-0.05, 0) is 5.56 Å². The van der Waals surface area contributed by atoms with Gasteiger partial charge < -0.3 is 9.42 Å². The number of hydrogen-bond donors (Lipinski definition) is 1. The van der Waals surface area contributed by atoms with Crippen LogP contribution in [0.25, 0.3) is 6.08 Å². The molecule has 0 fully saturated rings. The van der Waals surface area contributed by atoms with Gasteiger partial charge in [-0.15, -0.1) is 0 Å². The van der Waals surface area contributed by atoms with E-state index in [2.05, 4.69) is 4.52 Å². The smallest absolute Gasteiger partial charge is 0.324 e. The van der Waals surface area contributed by atoms with Crippen LogP contribution in [0.4, 0.5) is 0 Å². The average molecular weight is 212 g/mol. The number of hydrogen-bond acceptors (Lipinski definition) is 2. The third kappa shape index (κ3) is 3.88. The van der Waals surface area contributed by atoms with Crippen molar-refractivity contribution in [2.75, 3.05) is 13.3 Å². The van der Waals surface area contributed by atoms with Gasteiger partial charge in [-0.25, -0.2) is 0 Å². The normalized spacial score (nSPS) is 15.6. The van der Waals surface area contributed by atoms with E-state index >= 15 is 0 Å². The summed E-state index contributed by atoms with van der Waals surface area (Å²) in [6.45, 7) is 0. The first-order chi connectivity index (χ1) is 6.64. The maximum Gasteiger partial charge on any atom is 0.331 e. The van der Waals surface area contributed by atoms with E-state index in [9.17, 15) is 4.57 Å². The van der Waals surface area contributed by atoms with Gasteiger partial charge in [0.2, 0.25) is 0 Å². The molecule has 1 aromatic carbocycles. The molecule has 1 rings (SSSR count). The predicted molar refractivity (Wildman–Crippen MR) is 57.2 cm³/mol. The first kappa shape index (κ1) is 11.2. The lowest BCUT2D eigenvalue weighted by atomic mass is 10.2. The molecule has 0 aliphatic heterocycles. The molecule has 1 unspecified atom stereocenters. The summed E-state index contributed by atoms with van der Waals surface area (Å²) in [5.74, 6) is 0. The second kappa shape index (κ2) is 5.11. The first-order valence-corrected chi connectivity index (χ1v) is 5.99. The SMILES string of the molecule is COP(=O)(O)C/C=C/c1ccccc1. The van der Waals surface area contributed by atoms with Crippen LogP contribution in [-0.4, -0.2) is 18.2 Å². The third-order valence-corrected chi connectivity index (χ3v) is 2.97. The summed E-state index contributed by atoms with van der Waals surface area (Å²) in [5, 5.41) is 0. The summed E-state index contributed by atoms with van der Waals surface area (Å²) in [4.78, 5) is 9.08. The van der Waals surface area contributed by atoms with Gasteiger partial charge in [0.25, 0.3) is 0 Å². The van der Waals surface area contributed by atoms with Gasteiger partial charge in [0.1, 0.15) is 0 Å². The van der Waals surface area contributed by atoms with Crippen LogP contribution in [0.3, 0.4) is 0 Å². The van der Waals surface area contributed by atoms with Crippen molar-refractivity contribution in [1.29, 1.82) is 0 Å². The van der Waals surface area contributed by atoms with Crippen LogP contribution in [0.2, 0.25) is 0 Å². The molecule has 0 saturated heterocycles.